The molecule has 3 nitrogen and oxygen atoms in total. The van der Waals surface area contributed by atoms with Crippen LogP contribution < -0.4 is 10.1 Å². The molecule has 0 unspecified atom stereocenters. The van der Waals surface area contributed by atoms with Gasteiger partial charge in [0.2, 0.25) is 0 Å². The van der Waals surface area contributed by atoms with Gasteiger partial charge < -0.3 is 10.1 Å². The lowest BCUT2D eigenvalue weighted by Gasteiger charge is -2.05. The van der Waals surface area contributed by atoms with Crippen LogP contribution in [0.2, 0.25) is 5.02 Å². The molecule has 0 aliphatic heterocycles. The molecule has 2 rings (SSSR count). The van der Waals surface area contributed by atoms with Crippen molar-refractivity contribution in [2.45, 2.75) is 20.1 Å². The van der Waals surface area contributed by atoms with Gasteiger partial charge in [-0.05, 0) is 37.7 Å². The van der Waals surface area contributed by atoms with Crippen LogP contribution >= 0.6 is 22.9 Å². The first kappa shape index (κ1) is 13.3. The first-order valence-corrected chi connectivity index (χ1v) is 6.91. The van der Waals surface area contributed by atoms with Gasteiger partial charge in [-0.3, -0.25) is 0 Å². The number of benzene rings is 1. The molecular weight excluding hydrogens is 268 g/mol. The molecule has 0 amide bonds. The summed E-state index contributed by atoms with van der Waals surface area (Å²) >= 11 is 7.58. The summed E-state index contributed by atoms with van der Waals surface area (Å²) < 4.78 is 5.69. The fraction of sp³-hybridized carbons (Fsp3) is 0.308. The Bertz CT molecular complexity index is 527. The van der Waals surface area contributed by atoms with Crippen LogP contribution in [0.4, 0.5) is 0 Å². The van der Waals surface area contributed by atoms with Gasteiger partial charge in [0.05, 0.1) is 5.69 Å². The van der Waals surface area contributed by atoms with Crippen LogP contribution in [0.5, 0.6) is 5.75 Å². The Kier molecular flexibility index (Phi) is 4.58. The molecular formula is C13H15ClN2OS. The highest BCUT2D eigenvalue weighted by Gasteiger charge is 2.03. The normalized spacial score (nSPS) is 10.6. The summed E-state index contributed by atoms with van der Waals surface area (Å²) in [5, 5.41) is 6.85. The molecule has 2 aromatic rings. The molecule has 0 saturated carbocycles. The monoisotopic (exact) mass is 282 g/mol. The molecule has 0 aliphatic carbocycles. The molecule has 0 spiro atoms. The number of rotatable bonds is 5. The topological polar surface area (TPSA) is 34.1 Å². The fourth-order valence-electron chi connectivity index (χ4n) is 1.53. The highest BCUT2D eigenvalue weighted by Crippen LogP contribution is 2.22. The van der Waals surface area contributed by atoms with E-state index in [4.69, 9.17) is 16.3 Å². The maximum Gasteiger partial charge on any atom is 0.140 e. The van der Waals surface area contributed by atoms with E-state index in [0.717, 1.165) is 33.6 Å². The number of ether oxygens (including phenoxy) is 1. The minimum Gasteiger partial charge on any atom is -0.486 e. The van der Waals surface area contributed by atoms with Crippen molar-refractivity contribution in [3.05, 3.63) is 44.9 Å². The number of nitrogens with zero attached hydrogens (tertiary/aromatic N) is 1. The van der Waals surface area contributed by atoms with Crippen LogP contribution in [0.15, 0.2) is 23.6 Å². The fourth-order valence-corrected chi connectivity index (χ4v) is 2.35. The second kappa shape index (κ2) is 6.18. The molecule has 1 aromatic heterocycles. The Morgan fingerprint density at radius 3 is 3.00 bits per heavy atom. The van der Waals surface area contributed by atoms with E-state index < -0.39 is 0 Å². The standard InChI is InChI=1S/C13H15ClN2OS/c1-9-5-11(3-4-12(9)14)17-7-13-16-10(6-15-2)8-18-13/h3-5,8,15H,6-7H2,1-2H3. The summed E-state index contributed by atoms with van der Waals surface area (Å²) in [6.07, 6.45) is 0. The summed E-state index contributed by atoms with van der Waals surface area (Å²) in [7, 11) is 1.91. The van der Waals surface area contributed by atoms with Crippen molar-refractivity contribution < 1.29 is 4.74 Å². The van der Waals surface area contributed by atoms with Crippen LogP contribution in [0.3, 0.4) is 0 Å². The second-order valence-electron chi connectivity index (χ2n) is 3.96. The molecule has 1 heterocycles. The van der Waals surface area contributed by atoms with Crippen molar-refractivity contribution in [1.82, 2.24) is 10.3 Å². The molecule has 1 N–H and O–H groups in total. The van der Waals surface area contributed by atoms with E-state index in [-0.39, 0.29) is 0 Å². The van der Waals surface area contributed by atoms with Gasteiger partial charge in [-0.2, -0.15) is 0 Å². The van der Waals surface area contributed by atoms with Gasteiger partial charge in [0.25, 0.3) is 0 Å². The number of thiazole rings is 1. The Morgan fingerprint density at radius 1 is 1.44 bits per heavy atom. The van der Waals surface area contributed by atoms with E-state index in [1.165, 1.54) is 0 Å². The molecule has 0 radical (unpaired) electrons. The quantitative estimate of drug-likeness (QED) is 0.913. The first-order valence-electron chi connectivity index (χ1n) is 5.66. The van der Waals surface area contributed by atoms with E-state index in [9.17, 15) is 0 Å². The lowest BCUT2D eigenvalue weighted by atomic mass is 10.2. The van der Waals surface area contributed by atoms with Crippen LogP contribution in [0.25, 0.3) is 0 Å². The number of hydrogen-bond donors (Lipinski definition) is 1. The molecule has 1 aromatic carbocycles. The first-order chi connectivity index (χ1) is 8.69. The van der Waals surface area contributed by atoms with Crippen LogP contribution in [0.1, 0.15) is 16.3 Å². The summed E-state index contributed by atoms with van der Waals surface area (Å²) in [4.78, 5) is 4.46. The summed E-state index contributed by atoms with van der Waals surface area (Å²) in [5.41, 5.74) is 2.07. The van der Waals surface area contributed by atoms with Gasteiger partial charge >= 0.3 is 0 Å². The smallest absolute Gasteiger partial charge is 0.140 e. The average molecular weight is 283 g/mol. The van der Waals surface area contributed by atoms with E-state index >= 15 is 0 Å². The minimum atomic E-state index is 0.495. The zero-order valence-corrected chi connectivity index (χ0v) is 11.9. The van der Waals surface area contributed by atoms with Crippen molar-refractivity contribution in [2.24, 2.45) is 0 Å². The largest absolute Gasteiger partial charge is 0.486 e. The summed E-state index contributed by atoms with van der Waals surface area (Å²) in [5.74, 6) is 0.822. The maximum atomic E-state index is 5.96. The van der Waals surface area contributed by atoms with Crippen molar-refractivity contribution >= 4 is 22.9 Å². The van der Waals surface area contributed by atoms with Crippen molar-refractivity contribution in [2.75, 3.05) is 7.05 Å². The number of nitrogens with one attached hydrogen (secondary N) is 1. The SMILES string of the molecule is CNCc1csc(COc2ccc(Cl)c(C)c2)n1. The number of aromatic nitrogens is 1. The highest BCUT2D eigenvalue weighted by atomic mass is 35.5. The number of halogens is 1. The van der Waals surface area contributed by atoms with Gasteiger partial charge in [-0.25, -0.2) is 4.98 Å². The molecule has 0 saturated heterocycles. The molecule has 0 fully saturated rings. The second-order valence-corrected chi connectivity index (χ2v) is 5.31. The lowest BCUT2D eigenvalue weighted by molar-refractivity contribution is 0.305. The third-order valence-electron chi connectivity index (χ3n) is 2.45. The Morgan fingerprint density at radius 2 is 2.28 bits per heavy atom. The number of aryl methyl sites for hydroxylation is 1. The lowest BCUT2D eigenvalue weighted by Crippen LogP contribution is -2.05. The summed E-state index contributed by atoms with van der Waals surface area (Å²) in [6.45, 7) is 3.25. The average Bonchev–Trinajstić information content (AvgIpc) is 2.79. The molecule has 0 atom stereocenters. The van der Waals surface area contributed by atoms with Gasteiger partial charge in [0.1, 0.15) is 17.4 Å². The molecule has 96 valence electrons. The molecule has 18 heavy (non-hydrogen) atoms. The predicted octanol–water partition coefficient (Wildman–Crippen LogP) is 3.40. The van der Waals surface area contributed by atoms with Crippen molar-refractivity contribution in [3.8, 4) is 5.75 Å². The summed E-state index contributed by atoms with van der Waals surface area (Å²) in [6, 6.07) is 5.66. The minimum absolute atomic E-state index is 0.495. The van der Waals surface area contributed by atoms with Gasteiger partial charge in [-0.15, -0.1) is 11.3 Å². The van der Waals surface area contributed by atoms with Crippen molar-refractivity contribution in [3.63, 3.8) is 0 Å². The van der Waals surface area contributed by atoms with E-state index in [0.29, 0.717) is 6.61 Å². The molecule has 5 heteroatoms. The zero-order valence-electron chi connectivity index (χ0n) is 10.4. The molecule has 0 aliphatic rings. The van der Waals surface area contributed by atoms with Gasteiger partial charge in [-0.1, -0.05) is 11.6 Å². The Balaban J connectivity index is 1.95. The van der Waals surface area contributed by atoms with E-state index in [2.05, 4.69) is 10.3 Å². The Labute approximate surface area is 116 Å². The van der Waals surface area contributed by atoms with E-state index in [1.807, 2.05) is 37.6 Å². The van der Waals surface area contributed by atoms with Crippen molar-refractivity contribution in [1.29, 1.82) is 0 Å². The predicted molar refractivity (Wildman–Crippen MR) is 75.4 cm³/mol. The highest BCUT2D eigenvalue weighted by molar-refractivity contribution is 7.09. The van der Waals surface area contributed by atoms with E-state index in [1.54, 1.807) is 11.3 Å². The third kappa shape index (κ3) is 3.45. The van der Waals surface area contributed by atoms with Crippen LogP contribution in [0, 0.1) is 6.92 Å². The van der Waals surface area contributed by atoms with Gasteiger partial charge in [0, 0.05) is 16.9 Å². The van der Waals surface area contributed by atoms with Gasteiger partial charge in [0.15, 0.2) is 0 Å². The van der Waals surface area contributed by atoms with Crippen LogP contribution in [-0.4, -0.2) is 12.0 Å². The zero-order chi connectivity index (χ0) is 13.0. The number of hydrogen-bond acceptors (Lipinski definition) is 4. The molecule has 0 bridgehead atoms. The Hall–Kier alpha value is -1.10. The van der Waals surface area contributed by atoms with Crippen LogP contribution in [-0.2, 0) is 13.2 Å². The third-order valence-corrected chi connectivity index (χ3v) is 3.74. The maximum absolute atomic E-state index is 5.96.